The van der Waals surface area contributed by atoms with Crippen LogP contribution in [0.1, 0.15) is 34.6 Å². The minimum atomic E-state index is -0.497. The Morgan fingerprint density at radius 2 is 1.82 bits per heavy atom. The lowest BCUT2D eigenvalue weighted by Gasteiger charge is -2.27. The molecule has 0 bridgehead atoms. The van der Waals surface area contributed by atoms with Crippen LogP contribution in [-0.4, -0.2) is 36.9 Å². The number of hydrogen-bond donors (Lipinski definition) is 2. The highest BCUT2D eigenvalue weighted by Gasteiger charge is 2.20. The average molecular weight is 245 g/mol. The lowest BCUT2D eigenvalue weighted by atomic mass is 10.1. The molecule has 100 valence electrons. The first-order valence-electron chi connectivity index (χ1n) is 5.67. The van der Waals surface area contributed by atoms with Crippen LogP contribution < -0.4 is 10.6 Å². The third-order valence-electron chi connectivity index (χ3n) is 1.88. The van der Waals surface area contributed by atoms with E-state index < -0.39 is 11.7 Å². The van der Waals surface area contributed by atoms with Gasteiger partial charge in [0.1, 0.15) is 5.60 Å². The molecule has 0 heterocycles. The average Bonchev–Trinajstić information content (AvgIpc) is 2.13. The van der Waals surface area contributed by atoms with Gasteiger partial charge < -0.3 is 15.4 Å². The van der Waals surface area contributed by atoms with E-state index in [4.69, 9.17) is 4.74 Å². The van der Waals surface area contributed by atoms with E-state index in [0.717, 1.165) is 0 Å². The topological polar surface area (TPSA) is 79.8 Å². The summed E-state index contributed by atoms with van der Waals surface area (Å²) in [6.45, 7) is 10.4. The number of amides is 1. The van der Waals surface area contributed by atoms with E-state index >= 15 is 0 Å². The normalized spacial score (nSPS) is 12.1. The Labute approximate surface area is 102 Å². The number of hydrogen-bond acceptors (Lipinski definition) is 5. The van der Waals surface area contributed by atoms with Crippen molar-refractivity contribution in [3.8, 4) is 0 Å². The van der Waals surface area contributed by atoms with Gasteiger partial charge in [-0.3, -0.25) is 0 Å². The Kier molecular flexibility index (Phi) is 6.09. The van der Waals surface area contributed by atoms with Crippen LogP contribution in [0.4, 0.5) is 4.79 Å². The molecular formula is C11H23N3O3. The van der Waals surface area contributed by atoms with E-state index in [2.05, 4.69) is 15.8 Å². The maximum absolute atomic E-state index is 11.4. The van der Waals surface area contributed by atoms with Gasteiger partial charge in [-0.1, -0.05) is 5.18 Å². The van der Waals surface area contributed by atoms with Gasteiger partial charge in [0.2, 0.25) is 0 Å². The molecule has 6 nitrogen and oxygen atoms in total. The monoisotopic (exact) mass is 245 g/mol. The largest absolute Gasteiger partial charge is 0.444 e. The number of carbonyl (C=O) groups is 1. The number of rotatable bonds is 6. The summed E-state index contributed by atoms with van der Waals surface area (Å²) in [4.78, 5) is 21.3. The van der Waals surface area contributed by atoms with E-state index in [1.807, 2.05) is 34.6 Å². The van der Waals surface area contributed by atoms with Gasteiger partial charge in [0, 0.05) is 18.6 Å². The number of nitrogens with zero attached hydrogens (tertiary/aromatic N) is 1. The van der Waals surface area contributed by atoms with Crippen molar-refractivity contribution in [3.05, 3.63) is 4.91 Å². The zero-order valence-electron chi connectivity index (χ0n) is 11.3. The van der Waals surface area contributed by atoms with Crippen molar-refractivity contribution in [3.63, 3.8) is 0 Å². The van der Waals surface area contributed by atoms with Crippen LogP contribution in [-0.2, 0) is 4.74 Å². The second kappa shape index (κ2) is 6.54. The Morgan fingerprint density at radius 1 is 1.24 bits per heavy atom. The molecule has 0 unspecified atom stereocenters. The Bertz CT molecular complexity index is 259. The van der Waals surface area contributed by atoms with Crippen LogP contribution in [0.15, 0.2) is 5.18 Å². The van der Waals surface area contributed by atoms with Gasteiger partial charge in [-0.2, -0.15) is 4.91 Å². The molecule has 0 fully saturated rings. The quantitative estimate of drug-likeness (QED) is 0.551. The van der Waals surface area contributed by atoms with Gasteiger partial charge in [-0.05, 0) is 34.6 Å². The van der Waals surface area contributed by atoms with Crippen molar-refractivity contribution in [1.82, 2.24) is 10.6 Å². The highest BCUT2D eigenvalue weighted by molar-refractivity contribution is 5.67. The second-order valence-corrected chi connectivity index (χ2v) is 5.52. The van der Waals surface area contributed by atoms with Crippen LogP contribution in [0.2, 0.25) is 0 Å². The van der Waals surface area contributed by atoms with E-state index in [9.17, 15) is 9.70 Å². The summed E-state index contributed by atoms with van der Waals surface area (Å²) < 4.78 is 5.11. The fraction of sp³-hybridized carbons (Fsp3) is 0.909. The summed E-state index contributed by atoms with van der Waals surface area (Å²) in [5.41, 5.74) is -0.801. The summed E-state index contributed by atoms with van der Waals surface area (Å²) >= 11 is 0. The SMILES string of the molecule is CC(C)(CNC(=O)OC(C)(C)C)NCCN=O. The standard InChI is InChI=1S/C11H23N3O3/c1-10(2,3)17-9(15)12-8-11(4,5)13-6-7-14-16/h13H,6-8H2,1-5H3,(H,12,15). The third-order valence-corrected chi connectivity index (χ3v) is 1.88. The molecule has 17 heavy (non-hydrogen) atoms. The summed E-state index contributed by atoms with van der Waals surface area (Å²) in [5, 5.41) is 8.55. The smallest absolute Gasteiger partial charge is 0.407 e. The van der Waals surface area contributed by atoms with Gasteiger partial charge in [-0.25, -0.2) is 4.79 Å². The van der Waals surface area contributed by atoms with Crippen LogP contribution in [0.3, 0.4) is 0 Å². The first-order chi connectivity index (χ1) is 7.66. The first kappa shape index (κ1) is 15.8. The van der Waals surface area contributed by atoms with Crippen molar-refractivity contribution in [2.45, 2.75) is 45.8 Å². The second-order valence-electron chi connectivity index (χ2n) is 5.52. The molecule has 0 atom stereocenters. The highest BCUT2D eigenvalue weighted by atomic mass is 16.6. The third kappa shape index (κ3) is 9.74. The van der Waals surface area contributed by atoms with Gasteiger partial charge >= 0.3 is 6.09 Å². The summed E-state index contributed by atoms with van der Waals surface area (Å²) in [5.74, 6) is 0. The van der Waals surface area contributed by atoms with E-state index in [1.54, 1.807) is 0 Å². The molecule has 0 aliphatic carbocycles. The van der Waals surface area contributed by atoms with Crippen molar-refractivity contribution in [2.24, 2.45) is 5.18 Å². The molecule has 0 aromatic heterocycles. The predicted molar refractivity (Wildman–Crippen MR) is 67.0 cm³/mol. The molecular weight excluding hydrogens is 222 g/mol. The van der Waals surface area contributed by atoms with E-state index in [1.165, 1.54) is 0 Å². The molecule has 1 amide bonds. The lowest BCUT2D eigenvalue weighted by Crippen LogP contribution is -2.50. The number of alkyl carbamates (subject to hydrolysis) is 1. The summed E-state index contributed by atoms with van der Waals surface area (Å²) in [6, 6.07) is 0. The molecule has 0 rings (SSSR count). The van der Waals surface area contributed by atoms with Crippen LogP contribution >= 0.6 is 0 Å². The molecule has 2 N–H and O–H groups in total. The summed E-state index contributed by atoms with van der Waals surface area (Å²) in [6.07, 6.45) is -0.444. The molecule has 0 saturated heterocycles. The van der Waals surface area contributed by atoms with Gasteiger partial charge in [0.05, 0.1) is 6.54 Å². The maximum Gasteiger partial charge on any atom is 0.407 e. The number of carbonyl (C=O) groups excluding carboxylic acids is 1. The molecule has 0 aliphatic heterocycles. The van der Waals surface area contributed by atoms with Crippen molar-refractivity contribution >= 4 is 6.09 Å². The van der Waals surface area contributed by atoms with E-state index in [0.29, 0.717) is 13.1 Å². The number of nitrogens with one attached hydrogen (secondary N) is 2. The number of nitroso groups, excluding NO2 is 1. The fourth-order valence-corrected chi connectivity index (χ4v) is 1.11. The van der Waals surface area contributed by atoms with Gasteiger partial charge in [0.15, 0.2) is 0 Å². The molecule has 0 radical (unpaired) electrons. The van der Waals surface area contributed by atoms with Crippen molar-refractivity contribution in [1.29, 1.82) is 0 Å². The van der Waals surface area contributed by atoms with E-state index in [-0.39, 0.29) is 12.1 Å². The predicted octanol–water partition coefficient (Wildman–Crippen LogP) is 1.65. The minimum absolute atomic E-state index is 0.218. The molecule has 0 spiro atoms. The number of ether oxygens (including phenoxy) is 1. The van der Waals surface area contributed by atoms with Crippen molar-refractivity contribution in [2.75, 3.05) is 19.6 Å². The highest BCUT2D eigenvalue weighted by Crippen LogP contribution is 2.07. The molecule has 0 aromatic rings. The summed E-state index contributed by atoms with van der Waals surface area (Å²) in [7, 11) is 0. The zero-order valence-corrected chi connectivity index (χ0v) is 11.3. The van der Waals surface area contributed by atoms with Gasteiger partial charge in [0.25, 0.3) is 0 Å². The molecule has 0 aromatic carbocycles. The molecule has 0 saturated carbocycles. The lowest BCUT2D eigenvalue weighted by molar-refractivity contribution is 0.0514. The zero-order chi connectivity index (χ0) is 13.5. The Hall–Kier alpha value is -1.17. The first-order valence-corrected chi connectivity index (χ1v) is 5.67. The Morgan fingerprint density at radius 3 is 2.29 bits per heavy atom. The maximum atomic E-state index is 11.4. The van der Waals surface area contributed by atoms with Crippen LogP contribution in [0.5, 0.6) is 0 Å². The van der Waals surface area contributed by atoms with Crippen LogP contribution in [0, 0.1) is 4.91 Å². The molecule has 6 heteroatoms. The Balaban J connectivity index is 3.92. The van der Waals surface area contributed by atoms with Crippen molar-refractivity contribution < 1.29 is 9.53 Å². The minimum Gasteiger partial charge on any atom is -0.444 e. The fourth-order valence-electron chi connectivity index (χ4n) is 1.11. The van der Waals surface area contributed by atoms with Gasteiger partial charge in [-0.15, -0.1) is 0 Å². The van der Waals surface area contributed by atoms with Crippen LogP contribution in [0.25, 0.3) is 0 Å². The molecule has 0 aliphatic rings.